The monoisotopic (exact) mass is 250 g/mol. The average molecular weight is 250 g/mol. The van der Waals surface area contributed by atoms with E-state index in [-0.39, 0.29) is 12.1 Å². The van der Waals surface area contributed by atoms with Crippen molar-refractivity contribution in [1.29, 1.82) is 0 Å². The number of carbonyl (C=O) groups is 1. The van der Waals surface area contributed by atoms with Crippen molar-refractivity contribution in [3.63, 3.8) is 0 Å². The molecule has 1 atom stereocenters. The van der Waals surface area contributed by atoms with E-state index in [1.54, 1.807) is 12.0 Å². The first kappa shape index (κ1) is 12.7. The second-order valence-corrected chi connectivity index (χ2v) is 4.28. The Labute approximate surface area is 107 Å². The SMILES string of the molecule is COc1ccc(NC(=O)N2CCOC[C@H]2C)cc1. The molecule has 1 aromatic carbocycles. The minimum absolute atomic E-state index is 0.0871. The third-order valence-electron chi connectivity index (χ3n) is 2.97. The normalized spacial score (nSPS) is 19.4. The molecule has 0 radical (unpaired) electrons. The zero-order valence-corrected chi connectivity index (χ0v) is 10.7. The van der Waals surface area contributed by atoms with E-state index < -0.39 is 0 Å². The molecule has 98 valence electrons. The Hall–Kier alpha value is -1.75. The van der Waals surface area contributed by atoms with Crippen molar-refractivity contribution in [3.8, 4) is 5.75 Å². The molecule has 0 aliphatic carbocycles. The maximum atomic E-state index is 12.1. The van der Waals surface area contributed by atoms with Gasteiger partial charge in [-0.15, -0.1) is 0 Å². The van der Waals surface area contributed by atoms with Gasteiger partial charge in [-0.05, 0) is 31.2 Å². The molecule has 2 rings (SSSR count). The fourth-order valence-electron chi connectivity index (χ4n) is 1.90. The van der Waals surface area contributed by atoms with Gasteiger partial charge in [-0.25, -0.2) is 4.79 Å². The molecule has 1 aliphatic heterocycles. The molecular formula is C13H18N2O3. The van der Waals surface area contributed by atoms with Crippen LogP contribution in [-0.2, 0) is 4.74 Å². The van der Waals surface area contributed by atoms with Gasteiger partial charge in [0.2, 0.25) is 0 Å². The Morgan fingerprint density at radius 1 is 1.44 bits per heavy atom. The molecular weight excluding hydrogens is 232 g/mol. The van der Waals surface area contributed by atoms with Gasteiger partial charge in [-0.2, -0.15) is 0 Å². The van der Waals surface area contributed by atoms with Crippen molar-refractivity contribution in [2.45, 2.75) is 13.0 Å². The van der Waals surface area contributed by atoms with Crippen LogP contribution < -0.4 is 10.1 Å². The molecule has 1 aromatic rings. The number of methoxy groups -OCH3 is 1. The lowest BCUT2D eigenvalue weighted by atomic mass is 10.2. The average Bonchev–Trinajstić information content (AvgIpc) is 2.40. The number of ether oxygens (including phenoxy) is 2. The van der Waals surface area contributed by atoms with Gasteiger partial charge >= 0.3 is 6.03 Å². The van der Waals surface area contributed by atoms with Crippen molar-refractivity contribution >= 4 is 11.7 Å². The molecule has 0 bridgehead atoms. The highest BCUT2D eigenvalue weighted by molar-refractivity contribution is 5.89. The topological polar surface area (TPSA) is 50.8 Å². The summed E-state index contributed by atoms with van der Waals surface area (Å²) in [5.74, 6) is 0.771. The van der Waals surface area contributed by atoms with Crippen LogP contribution in [0.1, 0.15) is 6.92 Å². The zero-order valence-electron chi connectivity index (χ0n) is 10.7. The number of amides is 2. The number of carbonyl (C=O) groups excluding carboxylic acids is 1. The molecule has 1 heterocycles. The lowest BCUT2D eigenvalue weighted by Crippen LogP contribution is -2.48. The number of hydrogen-bond donors (Lipinski definition) is 1. The van der Waals surface area contributed by atoms with Gasteiger partial charge in [0.05, 0.1) is 26.4 Å². The molecule has 0 aromatic heterocycles. The van der Waals surface area contributed by atoms with Crippen molar-refractivity contribution in [2.75, 3.05) is 32.2 Å². The molecule has 0 spiro atoms. The van der Waals surface area contributed by atoms with Gasteiger partial charge in [-0.3, -0.25) is 0 Å². The van der Waals surface area contributed by atoms with Crippen molar-refractivity contribution in [1.82, 2.24) is 4.90 Å². The Morgan fingerprint density at radius 2 is 2.17 bits per heavy atom. The lowest BCUT2D eigenvalue weighted by Gasteiger charge is -2.33. The van der Waals surface area contributed by atoms with E-state index in [2.05, 4.69) is 5.32 Å². The minimum Gasteiger partial charge on any atom is -0.497 e. The van der Waals surface area contributed by atoms with E-state index >= 15 is 0 Å². The van der Waals surface area contributed by atoms with E-state index in [0.717, 1.165) is 11.4 Å². The van der Waals surface area contributed by atoms with Gasteiger partial charge in [0.1, 0.15) is 5.75 Å². The van der Waals surface area contributed by atoms with Crippen molar-refractivity contribution in [3.05, 3.63) is 24.3 Å². The number of nitrogens with zero attached hydrogens (tertiary/aromatic N) is 1. The molecule has 5 heteroatoms. The fourth-order valence-corrected chi connectivity index (χ4v) is 1.90. The van der Waals surface area contributed by atoms with Crippen LogP contribution in [0.25, 0.3) is 0 Å². The smallest absolute Gasteiger partial charge is 0.322 e. The molecule has 1 aliphatic rings. The van der Waals surface area contributed by atoms with Crippen LogP contribution in [0.4, 0.5) is 10.5 Å². The zero-order chi connectivity index (χ0) is 13.0. The maximum Gasteiger partial charge on any atom is 0.322 e. The van der Waals surface area contributed by atoms with Crippen LogP contribution in [-0.4, -0.2) is 43.8 Å². The molecule has 5 nitrogen and oxygen atoms in total. The Morgan fingerprint density at radius 3 is 2.78 bits per heavy atom. The summed E-state index contributed by atoms with van der Waals surface area (Å²) in [5.41, 5.74) is 0.763. The minimum atomic E-state index is -0.0871. The highest BCUT2D eigenvalue weighted by Gasteiger charge is 2.23. The predicted molar refractivity (Wildman–Crippen MR) is 69.0 cm³/mol. The van der Waals surface area contributed by atoms with E-state index in [4.69, 9.17) is 9.47 Å². The van der Waals surface area contributed by atoms with Crippen LogP contribution in [0.5, 0.6) is 5.75 Å². The summed E-state index contributed by atoms with van der Waals surface area (Å²) in [6.45, 7) is 3.80. The molecule has 1 saturated heterocycles. The van der Waals surface area contributed by atoms with Crippen LogP contribution in [0.15, 0.2) is 24.3 Å². The number of hydrogen-bond acceptors (Lipinski definition) is 3. The summed E-state index contributed by atoms with van der Waals surface area (Å²) >= 11 is 0. The van der Waals surface area contributed by atoms with Crippen molar-refractivity contribution in [2.24, 2.45) is 0 Å². The number of anilines is 1. The summed E-state index contributed by atoms with van der Waals surface area (Å²) in [6.07, 6.45) is 0. The predicted octanol–water partition coefficient (Wildman–Crippen LogP) is 1.95. The van der Waals surface area contributed by atoms with E-state index in [0.29, 0.717) is 19.8 Å². The molecule has 1 fully saturated rings. The largest absolute Gasteiger partial charge is 0.497 e. The van der Waals surface area contributed by atoms with Crippen LogP contribution in [0.2, 0.25) is 0 Å². The Balaban J connectivity index is 1.97. The first-order valence-corrected chi connectivity index (χ1v) is 6.00. The molecule has 1 N–H and O–H groups in total. The standard InChI is InChI=1S/C13H18N2O3/c1-10-9-18-8-7-15(10)13(16)14-11-3-5-12(17-2)6-4-11/h3-6,10H,7-9H2,1-2H3,(H,14,16)/t10-/m1/s1. The van der Waals surface area contributed by atoms with Crippen LogP contribution in [0, 0.1) is 0 Å². The van der Waals surface area contributed by atoms with E-state index in [9.17, 15) is 4.79 Å². The van der Waals surface area contributed by atoms with E-state index in [1.807, 2.05) is 31.2 Å². The third-order valence-corrected chi connectivity index (χ3v) is 2.97. The number of rotatable bonds is 2. The van der Waals surface area contributed by atoms with Gasteiger partial charge in [0.25, 0.3) is 0 Å². The molecule has 2 amide bonds. The van der Waals surface area contributed by atoms with Gasteiger partial charge in [0, 0.05) is 12.2 Å². The fraction of sp³-hybridized carbons (Fsp3) is 0.462. The molecule has 18 heavy (non-hydrogen) atoms. The second-order valence-electron chi connectivity index (χ2n) is 4.28. The summed E-state index contributed by atoms with van der Waals surface area (Å²) in [4.78, 5) is 13.8. The summed E-state index contributed by atoms with van der Waals surface area (Å²) in [6, 6.07) is 7.30. The quantitative estimate of drug-likeness (QED) is 0.872. The molecule has 0 unspecified atom stereocenters. The summed E-state index contributed by atoms with van der Waals surface area (Å²) < 4.78 is 10.4. The van der Waals surface area contributed by atoms with E-state index in [1.165, 1.54) is 0 Å². The van der Waals surface area contributed by atoms with Crippen LogP contribution in [0.3, 0.4) is 0 Å². The third kappa shape index (κ3) is 2.92. The summed E-state index contributed by atoms with van der Waals surface area (Å²) in [7, 11) is 1.61. The second kappa shape index (κ2) is 5.73. The van der Waals surface area contributed by atoms with Gasteiger partial charge < -0.3 is 19.7 Å². The first-order valence-electron chi connectivity index (χ1n) is 6.00. The number of nitrogens with one attached hydrogen (secondary N) is 1. The lowest BCUT2D eigenvalue weighted by molar-refractivity contribution is 0.0222. The first-order chi connectivity index (χ1) is 8.70. The summed E-state index contributed by atoms with van der Waals surface area (Å²) in [5, 5.41) is 2.87. The Kier molecular flexibility index (Phi) is 4.04. The van der Waals surface area contributed by atoms with Gasteiger partial charge in [-0.1, -0.05) is 0 Å². The number of urea groups is 1. The Bertz CT molecular complexity index is 405. The maximum absolute atomic E-state index is 12.1. The van der Waals surface area contributed by atoms with Crippen LogP contribution >= 0.6 is 0 Å². The number of morpholine rings is 1. The molecule has 0 saturated carbocycles. The highest BCUT2D eigenvalue weighted by atomic mass is 16.5. The highest BCUT2D eigenvalue weighted by Crippen LogP contribution is 2.16. The number of benzene rings is 1. The van der Waals surface area contributed by atoms with Crippen molar-refractivity contribution < 1.29 is 14.3 Å². The van der Waals surface area contributed by atoms with Gasteiger partial charge in [0.15, 0.2) is 0 Å².